The highest BCUT2D eigenvalue weighted by molar-refractivity contribution is 9.12. The number of allylic oxidation sites excluding steroid dienone is 1. The molecule has 3 aliphatic rings. The lowest BCUT2D eigenvalue weighted by atomic mass is 9.89. The third-order valence-corrected chi connectivity index (χ3v) is 13.8. The summed E-state index contributed by atoms with van der Waals surface area (Å²) in [5, 5.41) is 0.140. The molecule has 0 unspecified atom stereocenters. The van der Waals surface area contributed by atoms with Crippen LogP contribution in [0.5, 0.6) is 0 Å². The average Bonchev–Trinajstić information content (AvgIpc) is 3.24. The fourth-order valence-electron chi connectivity index (χ4n) is 5.41. The van der Waals surface area contributed by atoms with Crippen LogP contribution < -0.4 is 0 Å². The molecule has 1 saturated heterocycles. The predicted octanol–water partition coefficient (Wildman–Crippen LogP) is 7.48. The molecule has 0 N–H and O–H groups in total. The fourth-order valence-corrected chi connectivity index (χ4v) is 7.47. The molecule has 198 valence electrons. The van der Waals surface area contributed by atoms with Crippen molar-refractivity contribution in [3.8, 4) is 11.8 Å². The molecule has 5 atom stereocenters. The van der Waals surface area contributed by atoms with Gasteiger partial charge in [-0.2, -0.15) is 0 Å². The summed E-state index contributed by atoms with van der Waals surface area (Å²) in [5.41, 5.74) is 0.0580. The van der Waals surface area contributed by atoms with E-state index in [1.54, 1.807) is 0 Å². The molecule has 0 amide bonds. The van der Waals surface area contributed by atoms with Crippen LogP contribution in [0.1, 0.15) is 80.6 Å². The van der Waals surface area contributed by atoms with Gasteiger partial charge in [0.25, 0.3) is 0 Å². The molecule has 0 aromatic rings. The maximum absolute atomic E-state index is 13.2. The van der Waals surface area contributed by atoms with Gasteiger partial charge in [-0.25, -0.2) is 0 Å². The summed E-state index contributed by atoms with van der Waals surface area (Å²) < 4.78 is 20.5. The molecule has 2 saturated carbocycles. The highest BCUT2D eigenvalue weighted by Crippen LogP contribution is 2.57. The second kappa shape index (κ2) is 10.7. The van der Waals surface area contributed by atoms with Crippen LogP contribution >= 0.6 is 15.9 Å². The highest BCUT2D eigenvalue weighted by Gasteiger charge is 2.58. The number of hydrogen-bond donors (Lipinski definition) is 0. The van der Waals surface area contributed by atoms with Crippen molar-refractivity contribution >= 4 is 30.0 Å². The van der Waals surface area contributed by atoms with Gasteiger partial charge in [-0.15, -0.1) is 11.8 Å². The van der Waals surface area contributed by atoms with Crippen LogP contribution in [0.3, 0.4) is 0 Å². The first-order valence-corrected chi connectivity index (χ1v) is 17.1. The Morgan fingerprint density at radius 1 is 1.20 bits per heavy atom. The minimum atomic E-state index is -1.96. The monoisotopic (exact) mass is 566 g/mol. The van der Waals surface area contributed by atoms with E-state index < -0.39 is 14.1 Å². The highest BCUT2D eigenvalue weighted by atomic mass is 79.9. The van der Waals surface area contributed by atoms with Crippen molar-refractivity contribution in [1.29, 1.82) is 0 Å². The van der Waals surface area contributed by atoms with Gasteiger partial charge in [0.2, 0.25) is 0 Å². The number of ketones is 1. The molecule has 1 aliphatic heterocycles. The number of carbonyl (C=O) groups excluding carboxylic acids is 1. The maximum atomic E-state index is 13.2. The van der Waals surface area contributed by atoms with Crippen LogP contribution in [0.25, 0.3) is 0 Å². The quantitative estimate of drug-likeness (QED) is 0.190. The topological polar surface area (TPSA) is 44.8 Å². The number of halogens is 1. The molecule has 0 aromatic heterocycles. The van der Waals surface area contributed by atoms with Gasteiger partial charge in [0.15, 0.2) is 19.9 Å². The first-order chi connectivity index (χ1) is 16.1. The number of rotatable bonds is 6. The summed E-state index contributed by atoms with van der Waals surface area (Å²) in [7, 11) is -1.96. The number of Topliss-reactive ketones (excluding diaryl/α,β-unsaturated/α-hetero) is 1. The Morgan fingerprint density at radius 2 is 1.83 bits per heavy atom. The molecule has 4 nitrogen and oxygen atoms in total. The zero-order valence-corrected chi connectivity index (χ0v) is 26.0. The van der Waals surface area contributed by atoms with Crippen molar-refractivity contribution in [2.75, 3.05) is 13.2 Å². The third-order valence-electron chi connectivity index (χ3n) is 8.62. The summed E-state index contributed by atoms with van der Waals surface area (Å²) in [6, 6.07) is 0. The van der Waals surface area contributed by atoms with Crippen LogP contribution in [0.2, 0.25) is 18.1 Å². The van der Waals surface area contributed by atoms with Gasteiger partial charge < -0.3 is 13.9 Å². The zero-order valence-electron chi connectivity index (χ0n) is 23.4. The lowest BCUT2D eigenvalue weighted by Gasteiger charge is -2.43. The Balaban J connectivity index is 1.83. The first-order valence-electron chi connectivity index (χ1n) is 13.4. The first kappa shape index (κ1) is 29.1. The summed E-state index contributed by atoms with van der Waals surface area (Å²) >= 11 is 3.67. The molecule has 3 rings (SSSR count). The van der Waals surface area contributed by atoms with Crippen LogP contribution in [0, 0.1) is 40.9 Å². The minimum Gasteiger partial charge on any atom is -0.413 e. The van der Waals surface area contributed by atoms with Gasteiger partial charge >= 0.3 is 0 Å². The van der Waals surface area contributed by atoms with E-state index in [0.717, 1.165) is 38.9 Å². The minimum absolute atomic E-state index is 0.0580. The predicted molar refractivity (Wildman–Crippen MR) is 149 cm³/mol. The largest absolute Gasteiger partial charge is 0.413 e. The molecule has 0 radical (unpaired) electrons. The van der Waals surface area contributed by atoms with E-state index >= 15 is 0 Å². The van der Waals surface area contributed by atoms with Crippen LogP contribution in [0.4, 0.5) is 0 Å². The fraction of sp³-hybridized carbons (Fsp3) is 0.828. The van der Waals surface area contributed by atoms with Gasteiger partial charge in [-0.05, 0) is 52.3 Å². The molecule has 2 aliphatic carbocycles. The second-order valence-corrected chi connectivity index (χ2v) is 19.0. The van der Waals surface area contributed by atoms with Crippen molar-refractivity contribution in [1.82, 2.24) is 0 Å². The Bertz CT molecular complexity index is 865. The van der Waals surface area contributed by atoms with Crippen molar-refractivity contribution in [2.45, 2.75) is 111 Å². The molecule has 1 heterocycles. The Labute approximate surface area is 223 Å². The SMILES string of the molecule is CCC#CC[C@H](C)C(=O)/C(Br)=C/[C@@H]1[C@H]2CC3(C[C@H]2C[C@H]1O[Si](C)(C)C(C)(C)C)OCC(C)(C)CO3. The Morgan fingerprint density at radius 3 is 2.40 bits per heavy atom. The van der Waals surface area contributed by atoms with E-state index in [0.29, 0.717) is 22.7 Å². The molecule has 35 heavy (non-hydrogen) atoms. The van der Waals surface area contributed by atoms with Crippen LogP contribution in [0.15, 0.2) is 10.6 Å². The standard InChI is InChI=1S/C29H47BrO4Si/c1-10-11-12-13-20(2)26(31)24(30)15-22-23-17-29(32-18-28(6,7)19-33-29)16-21(23)14-25(22)34-35(8,9)27(3,4)5/h15,20-23,25H,10,13-14,16-19H2,1-9H3/b24-15-/t20-,21+,22+,23-,25+/m0/s1. The van der Waals surface area contributed by atoms with Gasteiger partial charge in [0, 0.05) is 42.9 Å². The van der Waals surface area contributed by atoms with Gasteiger partial charge in [-0.3, -0.25) is 4.79 Å². The second-order valence-electron chi connectivity index (χ2n) is 13.4. The Kier molecular flexibility index (Phi) is 8.92. The zero-order chi connectivity index (χ0) is 26.2. The third kappa shape index (κ3) is 6.71. The molecule has 3 fully saturated rings. The summed E-state index contributed by atoms with van der Waals surface area (Å²) in [4.78, 5) is 13.2. The summed E-state index contributed by atoms with van der Waals surface area (Å²) in [6.45, 7) is 21.4. The van der Waals surface area contributed by atoms with Gasteiger partial charge in [0.1, 0.15) is 0 Å². The number of fused-ring (bicyclic) bond motifs is 1. The molecule has 0 aromatic carbocycles. The van der Waals surface area contributed by atoms with Crippen molar-refractivity contribution in [3.63, 3.8) is 0 Å². The molecular weight excluding hydrogens is 520 g/mol. The van der Waals surface area contributed by atoms with Crippen LogP contribution in [-0.2, 0) is 18.7 Å². The normalized spacial score (nSPS) is 31.1. The van der Waals surface area contributed by atoms with E-state index in [2.05, 4.69) is 81.6 Å². The Hall–Kier alpha value is -0.453. The van der Waals surface area contributed by atoms with E-state index in [-0.39, 0.29) is 34.2 Å². The number of carbonyl (C=O) groups is 1. The van der Waals surface area contributed by atoms with Crippen molar-refractivity contribution < 1.29 is 18.7 Å². The number of hydrogen-bond acceptors (Lipinski definition) is 4. The maximum Gasteiger partial charge on any atom is 0.192 e. The molecule has 6 heteroatoms. The van der Waals surface area contributed by atoms with Crippen molar-refractivity contribution in [3.05, 3.63) is 10.6 Å². The lowest BCUT2D eigenvalue weighted by Crippen LogP contribution is -2.47. The lowest BCUT2D eigenvalue weighted by molar-refractivity contribution is -0.298. The van der Waals surface area contributed by atoms with Crippen molar-refractivity contribution in [2.24, 2.45) is 29.1 Å². The van der Waals surface area contributed by atoms with E-state index in [1.165, 1.54) is 0 Å². The number of ether oxygens (including phenoxy) is 2. The van der Waals surface area contributed by atoms with E-state index in [1.807, 2.05) is 13.8 Å². The summed E-state index contributed by atoms with van der Waals surface area (Å²) in [5.74, 6) is 6.78. The smallest absolute Gasteiger partial charge is 0.192 e. The molecular formula is C29H47BrO4Si. The van der Waals surface area contributed by atoms with Gasteiger partial charge in [0.05, 0.1) is 23.8 Å². The van der Waals surface area contributed by atoms with Crippen LogP contribution in [-0.4, -0.2) is 39.2 Å². The van der Waals surface area contributed by atoms with Gasteiger partial charge in [-0.1, -0.05) is 54.5 Å². The summed E-state index contributed by atoms with van der Waals surface area (Å²) in [6.07, 6.45) is 6.50. The molecule has 0 bridgehead atoms. The van der Waals surface area contributed by atoms with E-state index in [9.17, 15) is 4.79 Å². The average molecular weight is 568 g/mol. The van der Waals surface area contributed by atoms with E-state index in [4.69, 9.17) is 13.9 Å². The molecule has 1 spiro atoms.